The van der Waals surface area contributed by atoms with Gasteiger partial charge in [-0.1, -0.05) is 30.3 Å². The van der Waals surface area contributed by atoms with E-state index in [1.807, 2.05) is 0 Å². The SMILES string of the molecule is O=C(O)c1c(O)c2cc(F)ccc2c2ccccc12. The maximum atomic E-state index is 13.3. The first-order valence-electron chi connectivity index (χ1n) is 5.66. The standard InChI is InChI=1S/C15H9FO3/c16-8-5-6-10-9-3-1-2-4-11(9)13(15(18)19)14(17)12(10)7-8/h1-7,17H,(H,18,19). The first-order chi connectivity index (χ1) is 9.09. The van der Waals surface area contributed by atoms with E-state index in [1.165, 1.54) is 6.07 Å². The van der Waals surface area contributed by atoms with Gasteiger partial charge in [-0.15, -0.1) is 0 Å². The Morgan fingerprint density at radius 3 is 2.26 bits per heavy atom. The van der Waals surface area contributed by atoms with Gasteiger partial charge in [-0.25, -0.2) is 9.18 Å². The molecule has 4 heteroatoms. The lowest BCUT2D eigenvalue weighted by Gasteiger charge is -2.10. The number of benzene rings is 3. The van der Waals surface area contributed by atoms with Crippen LogP contribution in [0.3, 0.4) is 0 Å². The molecule has 0 aliphatic carbocycles. The molecule has 94 valence electrons. The molecule has 3 rings (SSSR count). The molecule has 0 aliphatic heterocycles. The van der Waals surface area contributed by atoms with Crippen LogP contribution in [0.15, 0.2) is 42.5 Å². The average molecular weight is 256 g/mol. The van der Waals surface area contributed by atoms with Crippen molar-refractivity contribution in [1.82, 2.24) is 0 Å². The summed E-state index contributed by atoms with van der Waals surface area (Å²) >= 11 is 0. The van der Waals surface area contributed by atoms with Gasteiger partial charge in [-0.2, -0.15) is 0 Å². The summed E-state index contributed by atoms with van der Waals surface area (Å²) in [5.74, 6) is -2.16. The predicted octanol–water partition coefficient (Wildman–Crippen LogP) is 3.54. The summed E-state index contributed by atoms with van der Waals surface area (Å²) in [6.45, 7) is 0. The van der Waals surface area contributed by atoms with Crippen LogP contribution in [0.4, 0.5) is 4.39 Å². The molecule has 0 heterocycles. The second-order valence-electron chi connectivity index (χ2n) is 4.26. The fourth-order valence-electron chi connectivity index (χ4n) is 2.36. The minimum absolute atomic E-state index is 0.200. The molecule has 2 N–H and O–H groups in total. The van der Waals surface area contributed by atoms with Crippen molar-refractivity contribution in [3.05, 3.63) is 53.8 Å². The maximum Gasteiger partial charge on any atom is 0.340 e. The zero-order valence-electron chi connectivity index (χ0n) is 9.72. The molecule has 0 unspecified atom stereocenters. The highest BCUT2D eigenvalue weighted by atomic mass is 19.1. The van der Waals surface area contributed by atoms with Gasteiger partial charge in [0.25, 0.3) is 0 Å². The van der Waals surface area contributed by atoms with Crippen LogP contribution in [0.2, 0.25) is 0 Å². The average Bonchev–Trinajstić information content (AvgIpc) is 2.39. The number of rotatable bonds is 1. The Morgan fingerprint density at radius 2 is 1.58 bits per heavy atom. The Morgan fingerprint density at radius 1 is 0.947 bits per heavy atom. The van der Waals surface area contributed by atoms with Gasteiger partial charge in [0, 0.05) is 10.8 Å². The molecule has 0 amide bonds. The van der Waals surface area contributed by atoms with Crippen LogP contribution in [0.1, 0.15) is 10.4 Å². The zero-order valence-corrected chi connectivity index (χ0v) is 9.72. The number of carboxylic acid groups (broad SMARTS) is 1. The fourth-order valence-corrected chi connectivity index (χ4v) is 2.36. The van der Waals surface area contributed by atoms with Crippen LogP contribution in [-0.2, 0) is 0 Å². The van der Waals surface area contributed by atoms with Gasteiger partial charge in [0.05, 0.1) is 0 Å². The minimum Gasteiger partial charge on any atom is -0.506 e. The van der Waals surface area contributed by atoms with E-state index in [0.29, 0.717) is 16.2 Å². The molecule has 0 atom stereocenters. The van der Waals surface area contributed by atoms with Gasteiger partial charge in [0.15, 0.2) is 0 Å². The summed E-state index contributed by atoms with van der Waals surface area (Å²) in [5, 5.41) is 21.3. The summed E-state index contributed by atoms with van der Waals surface area (Å²) in [7, 11) is 0. The molecule has 0 fully saturated rings. The second-order valence-corrected chi connectivity index (χ2v) is 4.26. The van der Waals surface area contributed by atoms with E-state index in [0.717, 1.165) is 6.07 Å². The zero-order chi connectivity index (χ0) is 13.6. The lowest BCUT2D eigenvalue weighted by molar-refractivity contribution is 0.0696. The molecule has 19 heavy (non-hydrogen) atoms. The summed E-state index contributed by atoms with van der Waals surface area (Å²) in [5.41, 5.74) is -0.200. The van der Waals surface area contributed by atoms with Crippen molar-refractivity contribution in [2.24, 2.45) is 0 Å². The number of hydrogen-bond donors (Lipinski definition) is 2. The molecule has 0 radical (unpaired) electrons. The number of phenols is 1. The predicted molar refractivity (Wildman–Crippen MR) is 70.0 cm³/mol. The van der Waals surface area contributed by atoms with Crippen molar-refractivity contribution >= 4 is 27.5 Å². The molecule has 0 aliphatic rings. The van der Waals surface area contributed by atoms with Crippen LogP contribution < -0.4 is 0 Å². The summed E-state index contributed by atoms with van der Waals surface area (Å²) in [4.78, 5) is 11.3. The van der Waals surface area contributed by atoms with Gasteiger partial charge < -0.3 is 10.2 Å². The maximum absolute atomic E-state index is 13.3. The largest absolute Gasteiger partial charge is 0.506 e. The van der Waals surface area contributed by atoms with Crippen LogP contribution in [-0.4, -0.2) is 16.2 Å². The Labute approximate surface area is 107 Å². The van der Waals surface area contributed by atoms with E-state index < -0.39 is 17.5 Å². The molecule has 0 spiro atoms. The highest BCUT2D eigenvalue weighted by Crippen LogP contribution is 2.37. The molecule has 0 saturated heterocycles. The van der Waals surface area contributed by atoms with Crippen LogP contribution >= 0.6 is 0 Å². The van der Waals surface area contributed by atoms with Crippen molar-refractivity contribution in [3.8, 4) is 5.75 Å². The second kappa shape index (κ2) is 3.95. The van der Waals surface area contributed by atoms with Gasteiger partial charge in [0.1, 0.15) is 17.1 Å². The number of fused-ring (bicyclic) bond motifs is 3. The molecule has 0 saturated carbocycles. The van der Waals surface area contributed by atoms with Crippen LogP contribution in [0.5, 0.6) is 5.75 Å². The van der Waals surface area contributed by atoms with E-state index in [9.17, 15) is 19.4 Å². The normalized spacial score (nSPS) is 11.0. The third kappa shape index (κ3) is 1.61. The number of halogens is 1. The van der Waals surface area contributed by atoms with Gasteiger partial charge in [-0.3, -0.25) is 0 Å². The van der Waals surface area contributed by atoms with Crippen molar-refractivity contribution in [2.75, 3.05) is 0 Å². The smallest absolute Gasteiger partial charge is 0.340 e. The quantitative estimate of drug-likeness (QED) is 0.655. The van der Waals surface area contributed by atoms with Gasteiger partial charge in [0.2, 0.25) is 0 Å². The van der Waals surface area contributed by atoms with Crippen LogP contribution in [0, 0.1) is 5.82 Å². The fraction of sp³-hybridized carbons (Fsp3) is 0. The molecule has 0 bridgehead atoms. The van der Waals surface area contributed by atoms with Gasteiger partial charge in [-0.05, 0) is 22.9 Å². The Hall–Kier alpha value is -2.62. The molecule has 3 nitrogen and oxygen atoms in total. The van der Waals surface area contributed by atoms with Crippen molar-refractivity contribution in [2.45, 2.75) is 0 Å². The highest BCUT2D eigenvalue weighted by Gasteiger charge is 2.18. The molecule has 0 aromatic heterocycles. The Bertz CT molecular complexity index is 824. The van der Waals surface area contributed by atoms with Crippen LogP contribution in [0.25, 0.3) is 21.5 Å². The lowest BCUT2D eigenvalue weighted by Crippen LogP contribution is -1.99. The minimum atomic E-state index is -1.24. The first kappa shape index (κ1) is 11.5. The highest BCUT2D eigenvalue weighted by molar-refractivity contribution is 6.19. The van der Waals surface area contributed by atoms with Crippen molar-refractivity contribution in [3.63, 3.8) is 0 Å². The number of carbonyl (C=O) groups is 1. The third-order valence-electron chi connectivity index (χ3n) is 3.17. The number of hydrogen-bond acceptors (Lipinski definition) is 2. The lowest BCUT2D eigenvalue weighted by atomic mass is 9.96. The van der Waals surface area contributed by atoms with Gasteiger partial charge >= 0.3 is 5.97 Å². The number of aromatic carboxylic acids is 1. The molecule has 3 aromatic rings. The Kier molecular flexibility index (Phi) is 2.38. The molecular weight excluding hydrogens is 247 g/mol. The summed E-state index contributed by atoms with van der Waals surface area (Å²) in [6.07, 6.45) is 0. The topological polar surface area (TPSA) is 57.5 Å². The van der Waals surface area contributed by atoms with E-state index in [-0.39, 0.29) is 10.9 Å². The number of aromatic hydroxyl groups is 1. The third-order valence-corrected chi connectivity index (χ3v) is 3.17. The summed E-state index contributed by atoms with van der Waals surface area (Å²) < 4.78 is 13.3. The Balaban J connectivity index is 2.65. The number of carboxylic acids is 1. The van der Waals surface area contributed by atoms with E-state index in [4.69, 9.17) is 0 Å². The van der Waals surface area contributed by atoms with Crippen molar-refractivity contribution in [1.29, 1.82) is 0 Å². The summed E-state index contributed by atoms with van der Waals surface area (Å²) in [6, 6.07) is 10.8. The molecule has 3 aromatic carbocycles. The first-order valence-corrected chi connectivity index (χ1v) is 5.66. The van der Waals surface area contributed by atoms with Crippen molar-refractivity contribution < 1.29 is 19.4 Å². The van der Waals surface area contributed by atoms with E-state index >= 15 is 0 Å². The monoisotopic (exact) mass is 256 g/mol. The van der Waals surface area contributed by atoms with E-state index in [1.54, 1.807) is 30.3 Å². The van der Waals surface area contributed by atoms with E-state index in [2.05, 4.69) is 0 Å². The molecular formula is C15H9FO3.